The van der Waals surface area contributed by atoms with E-state index in [0.29, 0.717) is 0 Å². The van der Waals surface area contributed by atoms with Gasteiger partial charge in [0.2, 0.25) is 0 Å². The minimum absolute atomic E-state index is 0.467. The van der Waals surface area contributed by atoms with Crippen LogP contribution in [0.5, 0.6) is 11.5 Å². The predicted octanol–water partition coefficient (Wildman–Crippen LogP) is 1.95. The average Bonchev–Trinajstić information content (AvgIpc) is 2.59. The second-order valence-electron chi connectivity index (χ2n) is 4.60. The molecule has 5 heteroatoms. The van der Waals surface area contributed by atoms with Gasteiger partial charge in [-0.15, -0.1) is 0 Å². The van der Waals surface area contributed by atoms with Crippen molar-refractivity contribution in [2.75, 3.05) is 27.2 Å². The lowest BCUT2D eigenvalue weighted by molar-refractivity contribution is -0.277. The Balaban J connectivity index is 2.24. The van der Waals surface area contributed by atoms with Crippen molar-refractivity contribution in [1.82, 2.24) is 9.80 Å². The Morgan fingerprint density at radius 1 is 0.842 bits per heavy atom. The maximum Gasteiger partial charge on any atom is 0.265 e. The number of rotatable bonds is 4. The lowest BCUT2D eigenvalue weighted by Crippen LogP contribution is -2.47. The van der Waals surface area contributed by atoms with Gasteiger partial charge in [0.15, 0.2) is 0 Å². The molecule has 2 heterocycles. The van der Waals surface area contributed by atoms with Crippen LogP contribution in [0.2, 0.25) is 0 Å². The second-order valence-corrected chi connectivity index (χ2v) is 4.60. The Morgan fingerprint density at radius 3 is 1.53 bits per heavy atom. The lowest BCUT2D eigenvalue weighted by atomic mass is 10.3. The van der Waals surface area contributed by atoms with Gasteiger partial charge in [-0.2, -0.15) is 0 Å². The standard InChI is InChI=1S/C14H22N2O3/c1-5-15(3)13-17-11-7-9-12(10-8-11)18-14(19-13)16(4)6-2/h7-10,13-14H,5-6H2,1-4H3. The van der Waals surface area contributed by atoms with Crippen LogP contribution < -0.4 is 9.47 Å². The van der Waals surface area contributed by atoms with Crippen LogP contribution >= 0.6 is 0 Å². The van der Waals surface area contributed by atoms with Crippen molar-refractivity contribution in [2.24, 2.45) is 0 Å². The van der Waals surface area contributed by atoms with E-state index in [1.54, 1.807) is 0 Å². The SMILES string of the molecule is CCN(C)C1Oc2ccc(cc2)OC(N(C)CC)O1. The number of nitrogens with zero attached hydrogens (tertiary/aromatic N) is 2. The van der Waals surface area contributed by atoms with E-state index in [1.165, 1.54) is 0 Å². The summed E-state index contributed by atoms with van der Waals surface area (Å²) in [5, 5.41) is 0. The minimum Gasteiger partial charge on any atom is -0.451 e. The van der Waals surface area contributed by atoms with Crippen LogP contribution in [-0.2, 0) is 4.74 Å². The van der Waals surface area contributed by atoms with E-state index < -0.39 is 12.8 Å². The van der Waals surface area contributed by atoms with Gasteiger partial charge in [-0.3, -0.25) is 4.74 Å². The van der Waals surface area contributed by atoms with Crippen molar-refractivity contribution >= 4 is 0 Å². The number of ether oxygens (including phenoxy) is 3. The summed E-state index contributed by atoms with van der Waals surface area (Å²) in [6.45, 7) is 5.76. The summed E-state index contributed by atoms with van der Waals surface area (Å²) >= 11 is 0. The van der Waals surface area contributed by atoms with Crippen LogP contribution in [0.3, 0.4) is 0 Å². The molecule has 5 nitrogen and oxygen atoms in total. The summed E-state index contributed by atoms with van der Waals surface area (Å²) in [4.78, 5) is 3.97. The highest BCUT2D eigenvalue weighted by molar-refractivity contribution is 5.31. The van der Waals surface area contributed by atoms with Crippen LogP contribution in [-0.4, -0.2) is 49.8 Å². The van der Waals surface area contributed by atoms with E-state index >= 15 is 0 Å². The lowest BCUT2D eigenvalue weighted by Gasteiger charge is -2.33. The molecule has 0 aromatic heterocycles. The third kappa shape index (κ3) is 3.37. The van der Waals surface area contributed by atoms with Crippen molar-refractivity contribution < 1.29 is 14.2 Å². The molecule has 2 aliphatic rings. The van der Waals surface area contributed by atoms with Crippen LogP contribution in [0.4, 0.5) is 0 Å². The zero-order chi connectivity index (χ0) is 13.8. The molecule has 2 aliphatic heterocycles. The van der Waals surface area contributed by atoms with E-state index in [-0.39, 0.29) is 0 Å². The fourth-order valence-electron chi connectivity index (χ4n) is 1.67. The van der Waals surface area contributed by atoms with Gasteiger partial charge in [0.1, 0.15) is 11.5 Å². The maximum absolute atomic E-state index is 5.94. The first kappa shape index (κ1) is 14.1. The van der Waals surface area contributed by atoms with Gasteiger partial charge in [-0.05, 0) is 38.4 Å². The monoisotopic (exact) mass is 266 g/mol. The van der Waals surface area contributed by atoms with Crippen LogP contribution in [0, 0.1) is 0 Å². The molecular formula is C14H22N2O3. The van der Waals surface area contributed by atoms with Crippen molar-refractivity contribution in [3.05, 3.63) is 24.3 Å². The summed E-state index contributed by atoms with van der Waals surface area (Å²) in [5.74, 6) is 1.55. The van der Waals surface area contributed by atoms with Crippen molar-refractivity contribution in [1.29, 1.82) is 0 Å². The Kier molecular flexibility index (Phi) is 4.63. The van der Waals surface area contributed by atoms with Crippen molar-refractivity contribution in [3.63, 3.8) is 0 Å². The van der Waals surface area contributed by atoms with Gasteiger partial charge in [0, 0.05) is 13.1 Å². The molecule has 19 heavy (non-hydrogen) atoms. The molecule has 0 spiro atoms. The number of hydrogen-bond donors (Lipinski definition) is 0. The summed E-state index contributed by atoms with van der Waals surface area (Å²) in [6, 6.07) is 7.57. The molecule has 0 N–H and O–H groups in total. The van der Waals surface area contributed by atoms with Gasteiger partial charge in [0.05, 0.1) is 0 Å². The molecule has 0 radical (unpaired) electrons. The topological polar surface area (TPSA) is 34.2 Å². The molecule has 3 rings (SSSR count). The predicted molar refractivity (Wildman–Crippen MR) is 73.0 cm³/mol. The molecule has 2 atom stereocenters. The first-order chi connectivity index (χ1) is 9.13. The summed E-state index contributed by atoms with van der Waals surface area (Å²) in [7, 11) is 3.91. The van der Waals surface area contributed by atoms with E-state index in [0.717, 1.165) is 24.6 Å². The normalized spacial score (nSPS) is 22.6. The first-order valence-electron chi connectivity index (χ1n) is 6.63. The fraction of sp³-hybridized carbons (Fsp3) is 0.571. The summed E-state index contributed by atoms with van der Waals surface area (Å²) < 4.78 is 17.7. The Hall–Kier alpha value is -1.30. The van der Waals surface area contributed by atoms with Gasteiger partial charge < -0.3 is 9.47 Å². The maximum atomic E-state index is 5.94. The zero-order valence-electron chi connectivity index (χ0n) is 12.0. The Morgan fingerprint density at radius 2 is 1.21 bits per heavy atom. The van der Waals surface area contributed by atoms with Crippen LogP contribution in [0.15, 0.2) is 24.3 Å². The molecule has 0 amide bonds. The number of fused-ring (bicyclic) bond motifs is 6. The summed E-state index contributed by atoms with van der Waals surface area (Å²) in [6.07, 6.45) is -0.934. The van der Waals surface area contributed by atoms with E-state index in [2.05, 4.69) is 13.8 Å². The van der Waals surface area contributed by atoms with Gasteiger partial charge in [-0.1, -0.05) is 13.8 Å². The Bertz CT molecular complexity index is 359. The molecule has 2 bridgehead atoms. The highest BCUT2D eigenvalue weighted by Crippen LogP contribution is 2.24. The molecule has 106 valence electrons. The van der Waals surface area contributed by atoms with Crippen molar-refractivity contribution in [2.45, 2.75) is 26.7 Å². The molecule has 0 fully saturated rings. The van der Waals surface area contributed by atoms with Crippen molar-refractivity contribution in [3.8, 4) is 11.5 Å². The van der Waals surface area contributed by atoms with Gasteiger partial charge in [0.25, 0.3) is 12.8 Å². The first-order valence-corrected chi connectivity index (χ1v) is 6.63. The van der Waals surface area contributed by atoms with Gasteiger partial charge >= 0.3 is 0 Å². The molecule has 0 aliphatic carbocycles. The fourth-order valence-corrected chi connectivity index (χ4v) is 1.67. The van der Waals surface area contributed by atoms with E-state index in [1.807, 2.05) is 48.2 Å². The van der Waals surface area contributed by atoms with Gasteiger partial charge in [-0.25, -0.2) is 9.80 Å². The molecule has 0 saturated heterocycles. The quantitative estimate of drug-likeness (QED) is 0.832. The largest absolute Gasteiger partial charge is 0.451 e. The van der Waals surface area contributed by atoms with Crippen LogP contribution in [0.25, 0.3) is 0 Å². The number of hydrogen-bond acceptors (Lipinski definition) is 5. The molecule has 1 aromatic rings. The number of benzene rings is 1. The molecule has 2 unspecified atom stereocenters. The highest BCUT2D eigenvalue weighted by atomic mass is 16.8. The smallest absolute Gasteiger partial charge is 0.265 e. The van der Waals surface area contributed by atoms with E-state index in [4.69, 9.17) is 14.2 Å². The zero-order valence-corrected chi connectivity index (χ0v) is 12.0. The van der Waals surface area contributed by atoms with E-state index in [9.17, 15) is 0 Å². The third-order valence-electron chi connectivity index (χ3n) is 3.25. The minimum atomic E-state index is -0.467. The average molecular weight is 266 g/mol. The third-order valence-corrected chi connectivity index (χ3v) is 3.25. The second kappa shape index (κ2) is 6.23. The van der Waals surface area contributed by atoms with Crippen LogP contribution in [0.1, 0.15) is 13.8 Å². The summed E-state index contributed by atoms with van der Waals surface area (Å²) in [5.41, 5.74) is 0. The molecular weight excluding hydrogens is 244 g/mol. The molecule has 1 aromatic carbocycles. The Labute approximate surface area is 114 Å². The highest BCUT2D eigenvalue weighted by Gasteiger charge is 2.26. The molecule has 0 saturated carbocycles.